The molecular weight excluding hydrogens is 303 g/mol. The predicted molar refractivity (Wildman–Crippen MR) is 71.2 cm³/mol. The lowest BCUT2D eigenvalue weighted by Gasteiger charge is -2.07. The van der Waals surface area contributed by atoms with Crippen molar-refractivity contribution in [1.29, 1.82) is 0 Å². The van der Waals surface area contributed by atoms with Gasteiger partial charge in [-0.2, -0.15) is 13.2 Å². The summed E-state index contributed by atoms with van der Waals surface area (Å²) in [4.78, 5) is 11.8. The number of hydrogen-bond donors (Lipinski definition) is 0. The molecule has 0 aliphatic heterocycles. The molecule has 0 aliphatic rings. The summed E-state index contributed by atoms with van der Waals surface area (Å²) in [6.45, 7) is 0. The largest absolute Gasteiger partial charge is 0.416 e. The van der Waals surface area contributed by atoms with E-state index in [0.717, 1.165) is 30.4 Å². The van der Waals surface area contributed by atoms with Gasteiger partial charge >= 0.3 is 6.18 Å². The Morgan fingerprint density at radius 1 is 1.00 bits per heavy atom. The Bertz CT molecular complexity index is 732. The van der Waals surface area contributed by atoms with E-state index >= 15 is 0 Å². The van der Waals surface area contributed by atoms with E-state index in [-0.39, 0.29) is 11.1 Å². The molecule has 2 rings (SSSR count). The maximum atomic E-state index is 13.4. The monoisotopic (exact) mass is 312 g/mol. The first kappa shape index (κ1) is 15.9. The van der Waals surface area contributed by atoms with E-state index in [0.29, 0.717) is 6.07 Å². The van der Waals surface area contributed by atoms with Crippen LogP contribution in [0.2, 0.25) is 0 Å². The van der Waals surface area contributed by atoms with E-state index in [2.05, 4.69) is 0 Å². The zero-order chi connectivity index (χ0) is 16.3. The van der Waals surface area contributed by atoms with Gasteiger partial charge in [0.05, 0.1) is 5.56 Å². The fourth-order valence-corrected chi connectivity index (χ4v) is 1.76. The van der Waals surface area contributed by atoms with E-state index in [1.165, 1.54) is 18.2 Å². The number of halogens is 5. The summed E-state index contributed by atoms with van der Waals surface area (Å²) in [6, 6.07) is 7.28. The average molecular weight is 312 g/mol. The zero-order valence-corrected chi connectivity index (χ0v) is 11.0. The third-order valence-corrected chi connectivity index (χ3v) is 2.87. The Morgan fingerprint density at radius 2 is 1.68 bits per heavy atom. The molecule has 1 nitrogen and oxygen atoms in total. The molecule has 0 radical (unpaired) electrons. The summed E-state index contributed by atoms with van der Waals surface area (Å²) in [6.07, 6.45) is -2.65. The van der Waals surface area contributed by atoms with Gasteiger partial charge in [0, 0.05) is 11.1 Å². The Labute approximate surface area is 122 Å². The van der Waals surface area contributed by atoms with Crippen molar-refractivity contribution in [2.24, 2.45) is 0 Å². The van der Waals surface area contributed by atoms with Crippen LogP contribution < -0.4 is 0 Å². The molecule has 6 heteroatoms. The van der Waals surface area contributed by atoms with Crippen molar-refractivity contribution in [2.45, 2.75) is 6.18 Å². The Balaban J connectivity index is 2.26. The van der Waals surface area contributed by atoms with E-state index in [9.17, 15) is 26.7 Å². The highest BCUT2D eigenvalue weighted by atomic mass is 19.4. The van der Waals surface area contributed by atoms with Crippen LogP contribution >= 0.6 is 0 Å². The van der Waals surface area contributed by atoms with E-state index in [1.54, 1.807) is 0 Å². The van der Waals surface area contributed by atoms with Crippen molar-refractivity contribution in [2.75, 3.05) is 0 Å². The highest BCUT2D eigenvalue weighted by Gasteiger charge is 2.30. The molecule has 0 atom stereocenters. The van der Waals surface area contributed by atoms with Gasteiger partial charge in [0.15, 0.2) is 17.4 Å². The lowest BCUT2D eigenvalue weighted by Crippen LogP contribution is -2.06. The summed E-state index contributed by atoms with van der Waals surface area (Å²) in [5.74, 6) is -2.95. The second-order valence-corrected chi connectivity index (χ2v) is 4.42. The number of carbonyl (C=O) groups is 1. The van der Waals surface area contributed by atoms with Gasteiger partial charge in [-0.3, -0.25) is 4.79 Å². The summed E-state index contributed by atoms with van der Waals surface area (Å²) < 4.78 is 64.1. The molecule has 2 aromatic rings. The molecule has 22 heavy (non-hydrogen) atoms. The highest BCUT2D eigenvalue weighted by Crippen LogP contribution is 2.29. The van der Waals surface area contributed by atoms with Gasteiger partial charge in [-0.15, -0.1) is 0 Å². The van der Waals surface area contributed by atoms with Crippen LogP contribution in [0.3, 0.4) is 0 Å². The molecule has 0 saturated carbocycles. The third-order valence-electron chi connectivity index (χ3n) is 2.87. The molecule has 0 heterocycles. The maximum absolute atomic E-state index is 13.4. The zero-order valence-electron chi connectivity index (χ0n) is 11.0. The molecule has 0 saturated heterocycles. The van der Waals surface area contributed by atoms with Gasteiger partial charge < -0.3 is 0 Å². The van der Waals surface area contributed by atoms with Crippen LogP contribution in [0.1, 0.15) is 21.5 Å². The lowest BCUT2D eigenvalue weighted by atomic mass is 10.1. The van der Waals surface area contributed by atoms with E-state index < -0.39 is 29.2 Å². The van der Waals surface area contributed by atoms with Crippen LogP contribution in [0.15, 0.2) is 48.5 Å². The van der Waals surface area contributed by atoms with Crippen molar-refractivity contribution < 1.29 is 26.7 Å². The first-order chi connectivity index (χ1) is 10.3. The minimum Gasteiger partial charge on any atom is -0.289 e. The Morgan fingerprint density at radius 3 is 2.36 bits per heavy atom. The number of hydrogen-bond acceptors (Lipinski definition) is 1. The molecule has 0 unspecified atom stereocenters. The van der Waals surface area contributed by atoms with Crippen LogP contribution in [0.5, 0.6) is 0 Å². The van der Waals surface area contributed by atoms with Crippen molar-refractivity contribution in [3.05, 3.63) is 76.9 Å². The summed E-state index contributed by atoms with van der Waals surface area (Å²) in [5.41, 5.74) is -1.31. The Hall–Kier alpha value is -2.50. The second-order valence-electron chi connectivity index (χ2n) is 4.42. The normalized spacial score (nSPS) is 11.9. The van der Waals surface area contributed by atoms with Gasteiger partial charge in [0.1, 0.15) is 0 Å². The van der Waals surface area contributed by atoms with Crippen molar-refractivity contribution >= 4 is 11.9 Å². The van der Waals surface area contributed by atoms with Gasteiger partial charge in [0.25, 0.3) is 0 Å². The van der Waals surface area contributed by atoms with Crippen LogP contribution in [-0.2, 0) is 6.18 Å². The van der Waals surface area contributed by atoms with Crippen molar-refractivity contribution in [3.63, 3.8) is 0 Å². The Kier molecular flexibility index (Phi) is 4.40. The topological polar surface area (TPSA) is 17.1 Å². The van der Waals surface area contributed by atoms with Crippen molar-refractivity contribution in [3.8, 4) is 0 Å². The number of allylic oxidation sites excluding steroid dienone is 1. The third kappa shape index (κ3) is 3.58. The quantitative estimate of drug-likeness (QED) is 0.448. The van der Waals surface area contributed by atoms with Gasteiger partial charge in [-0.25, -0.2) is 8.78 Å². The van der Waals surface area contributed by atoms with Crippen LogP contribution in [0.25, 0.3) is 6.08 Å². The fraction of sp³-hybridized carbons (Fsp3) is 0.0625. The number of rotatable bonds is 3. The molecule has 2 aromatic carbocycles. The molecule has 0 spiro atoms. The summed E-state index contributed by atoms with van der Waals surface area (Å²) in [7, 11) is 0. The van der Waals surface area contributed by atoms with Crippen LogP contribution in [0.4, 0.5) is 22.0 Å². The molecule has 0 bridgehead atoms. The first-order valence-corrected chi connectivity index (χ1v) is 6.13. The fourth-order valence-electron chi connectivity index (χ4n) is 1.76. The first-order valence-electron chi connectivity index (χ1n) is 6.13. The van der Waals surface area contributed by atoms with Crippen molar-refractivity contribution in [1.82, 2.24) is 0 Å². The van der Waals surface area contributed by atoms with Gasteiger partial charge in [-0.1, -0.05) is 24.3 Å². The molecular formula is C16H9F5O. The minimum absolute atomic E-state index is 0.166. The average Bonchev–Trinajstić information content (AvgIpc) is 2.48. The molecule has 0 aliphatic carbocycles. The molecule has 0 fully saturated rings. The second kappa shape index (κ2) is 6.09. The SMILES string of the molecule is O=C(C=Cc1cccc(F)c1F)c1cccc(C(F)(F)F)c1. The minimum atomic E-state index is -4.56. The maximum Gasteiger partial charge on any atom is 0.416 e. The smallest absolute Gasteiger partial charge is 0.289 e. The van der Waals surface area contributed by atoms with Gasteiger partial charge in [0.2, 0.25) is 0 Å². The lowest BCUT2D eigenvalue weighted by molar-refractivity contribution is -0.137. The number of alkyl halides is 3. The molecule has 0 aromatic heterocycles. The molecule has 114 valence electrons. The van der Waals surface area contributed by atoms with E-state index in [4.69, 9.17) is 0 Å². The molecule has 0 amide bonds. The standard InChI is InChI=1S/C16H9F5O/c17-13-6-2-3-10(15(13)18)7-8-14(22)11-4-1-5-12(9-11)16(19,20)21/h1-9H. The van der Waals surface area contributed by atoms with Crippen LogP contribution in [-0.4, -0.2) is 5.78 Å². The van der Waals surface area contributed by atoms with Gasteiger partial charge in [-0.05, 0) is 30.4 Å². The number of ketones is 1. The highest BCUT2D eigenvalue weighted by molar-refractivity contribution is 6.06. The molecule has 0 N–H and O–H groups in total. The van der Waals surface area contributed by atoms with Crippen LogP contribution in [0, 0.1) is 11.6 Å². The van der Waals surface area contributed by atoms with E-state index in [1.807, 2.05) is 0 Å². The predicted octanol–water partition coefficient (Wildman–Crippen LogP) is 4.88. The summed E-state index contributed by atoms with van der Waals surface area (Å²) in [5, 5.41) is 0. The number of benzene rings is 2. The number of carbonyl (C=O) groups excluding carboxylic acids is 1. The summed E-state index contributed by atoms with van der Waals surface area (Å²) >= 11 is 0.